The minimum atomic E-state index is -0.236. The van der Waals surface area contributed by atoms with Crippen molar-refractivity contribution in [2.24, 2.45) is 0 Å². The Morgan fingerprint density at radius 1 is 0.947 bits per heavy atom. The Bertz CT molecular complexity index is 601. The van der Waals surface area contributed by atoms with Crippen LogP contribution in [-0.2, 0) is 0 Å². The molecule has 0 fully saturated rings. The van der Waals surface area contributed by atoms with Gasteiger partial charge in [0.15, 0.2) is 0 Å². The molecule has 0 aliphatic heterocycles. The third-order valence-corrected chi connectivity index (χ3v) is 4.54. The van der Waals surface area contributed by atoms with Crippen LogP contribution < -0.4 is 5.32 Å². The summed E-state index contributed by atoms with van der Waals surface area (Å²) in [6.07, 6.45) is 0. The van der Waals surface area contributed by atoms with Crippen molar-refractivity contribution in [2.45, 2.75) is 6.04 Å². The number of nitrogens with one attached hydrogen (secondary N) is 1. The SMILES string of the molecule is CNC(c1ccc(Br)cc1F)c1cc(Br)ccc1Br. The molecule has 0 heterocycles. The number of rotatable bonds is 3. The van der Waals surface area contributed by atoms with Crippen LogP contribution >= 0.6 is 47.8 Å². The lowest BCUT2D eigenvalue weighted by Crippen LogP contribution is -2.19. The van der Waals surface area contributed by atoms with Crippen LogP contribution in [0.25, 0.3) is 0 Å². The van der Waals surface area contributed by atoms with Gasteiger partial charge in [0.2, 0.25) is 0 Å². The highest BCUT2D eigenvalue weighted by Gasteiger charge is 2.19. The molecular formula is C14H11Br3FN. The first kappa shape index (κ1) is 15.2. The predicted molar refractivity (Wildman–Crippen MR) is 86.8 cm³/mol. The second-order valence-electron chi connectivity index (χ2n) is 4.05. The molecule has 1 unspecified atom stereocenters. The molecule has 0 aliphatic rings. The molecule has 0 saturated heterocycles. The summed E-state index contributed by atoms with van der Waals surface area (Å²) in [5.74, 6) is -0.236. The van der Waals surface area contributed by atoms with Gasteiger partial charge in [0.1, 0.15) is 5.82 Å². The van der Waals surface area contributed by atoms with Crippen LogP contribution in [0.3, 0.4) is 0 Å². The van der Waals surface area contributed by atoms with Crippen molar-refractivity contribution in [3.8, 4) is 0 Å². The van der Waals surface area contributed by atoms with Crippen molar-refractivity contribution in [3.05, 3.63) is 66.8 Å². The zero-order valence-corrected chi connectivity index (χ0v) is 14.8. The summed E-state index contributed by atoms with van der Waals surface area (Å²) < 4.78 is 16.7. The maximum absolute atomic E-state index is 14.1. The van der Waals surface area contributed by atoms with Crippen LogP contribution in [0.5, 0.6) is 0 Å². The van der Waals surface area contributed by atoms with E-state index in [2.05, 4.69) is 53.1 Å². The molecule has 19 heavy (non-hydrogen) atoms. The summed E-state index contributed by atoms with van der Waals surface area (Å²) in [6, 6.07) is 10.8. The van der Waals surface area contributed by atoms with Gasteiger partial charge in [0.05, 0.1) is 6.04 Å². The summed E-state index contributed by atoms with van der Waals surface area (Å²) in [5.41, 5.74) is 1.60. The molecule has 0 amide bonds. The van der Waals surface area contributed by atoms with E-state index in [4.69, 9.17) is 0 Å². The molecule has 1 nitrogen and oxygen atoms in total. The van der Waals surface area contributed by atoms with Crippen LogP contribution in [-0.4, -0.2) is 7.05 Å². The lowest BCUT2D eigenvalue weighted by molar-refractivity contribution is 0.574. The highest BCUT2D eigenvalue weighted by atomic mass is 79.9. The normalized spacial score (nSPS) is 12.5. The Morgan fingerprint density at radius 2 is 1.58 bits per heavy atom. The average Bonchev–Trinajstić information content (AvgIpc) is 2.36. The second kappa shape index (κ2) is 6.48. The lowest BCUT2D eigenvalue weighted by Gasteiger charge is -2.20. The predicted octanol–water partition coefficient (Wildman–Crippen LogP) is 5.42. The van der Waals surface area contributed by atoms with Gasteiger partial charge in [-0.25, -0.2) is 4.39 Å². The van der Waals surface area contributed by atoms with E-state index in [9.17, 15) is 4.39 Å². The molecule has 5 heteroatoms. The zero-order chi connectivity index (χ0) is 14.0. The first-order chi connectivity index (χ1) is 9.02. The van der Waals surface area contributed by atoms with Crippen LogP contribution in [0.4, 0.5) is 4.39 Å². The lowest BCUT2D eigenvalue weighted by atomic mass is 9.98. The van der Waals surface area contributed by atoms with E-state index in [1.165, 1.54) is 6.07 Å². The first-order valence-corrected chi connectivity index (χ1v) is 7.98. The zero-order valence-electron chi connectivity index (χ0n) is 10.1. The van der Waals surface area contributed by atoms with Gasteiger partial charge in [-0.3, -0.25) is 0 Å². The number of halogens is 4. The van der Waals surface area contributed by atoms with Crippen molar-refractivity contribution in [1.82, 2.24) is 5.32 Å². The molecule has 1 N–H and O–H groups in total. The van der Waals surface area contributed by atoms with E-state index in [1.807, 2.05) is 31.3 Å². The highest BCUT2D eigenvalue weighted by Crippen LogP contribution is 2.32. The van der Waals surface area contributed by atoms with Crippen LogP contribution in [0.1, 0.15) is 17.2 Å². The smallest absolute Gasteiger partial charge is 0.129 e. The monoisotopic (exact) mass is 449 g/mol. The average molecular weight is 452 g/mol. The second-order valence-corrected chi connectivity index (χ2v) is 6.74. The van der Waals surface area contributed by atoms with Crippen molar-refractivity contribution in [1.29, 1.82) is 0 Å². The number of hydrogen-bond acceptors (Lipinski definition) is 1. The first-order valence-electron chi connectivity index (χ1n) is 5.60. The Morgan fingerprint density at radius 3 is 2.21 bits per heavy atom. The highest BCUT2D eigenvalue weighted by molar-refractivity contribution is 9.11. The van der Waals surface area contributed by atoms with E-state index >= 15 is 0 Å². The largest absolute Gasteiger partial charge is 0.309 e. The minimum absolute atomic E-state index is 0.208. The maximum Gasteiger partial charge on any atom is 0.129 e. The molecule has 2 aromatic carbocycles. The Kier molecular flexibility index (Phi) is 5.17. The third kappa shape index (κ3) is 3.45. The van der Waals surface area contributed by atoms with E-state index < -0.39 is 0 Å². The van der Waals surface area contributed by atoms with Crippen LogP contribution in [0, 0.1) is 5.82 Å². The molecule has 100 valence electrons. The van der Waals surface area contributed by atoms with E-state index in [0.29, 0.717) is 5.56 Å². The van der Waals surface area contributed by atoms with Crippen LogP contribution in [0.2, 0.25) is 0 Å². The summed E-state index contributed by atoms with van der Waals surface area (Å²) in [7, 11) is 1.82. The van der Waals surface area contributed by atoms with Crippen molar-refractivity contribution in [3.63, 3.8) is 0 Å². The van der Waals surface area contributed by atoms with Crippen molar-refractivity contribution in [2.75, 3.05) is 7.05 Å². The van der Waals surface area contributed by atoms with E-state index in [1.54, 1.807) is 6.07 Å². The van der Waals surface area contributed by atoms with Gasteiger partial charge in [0.25, 0.3) is 0 Å². The molecular weight excluding hydrogens is 441 g/mol. The van der Waals surface area contributed by atoms with Gasteiger partial charge in [0, 0.05) is 19.0 Å². The topological polar surface area (TPSA) is 12.0 Å². The molecule has 0 spiro atoms. The fourth-order valence-corrected chi connectivity index (χ4v) is 3.14. The summed E-state index contributed by atoms with van der Waals surface area (Å²) in [6.45, 7) is 0. The molecule has 0 aliphatic carbocycles. The Hall–Kier alpha value is -0.230. The standard InChI is InChI=1S/C14H11Br3FN/c1-19-14(10-4-2-9(16)7-13(10)18)11-6-8(15)3-5-12(11)17/h2-7,14,19H,1H3. The van der Waals surface area contributed by atoms with Gasteiger partial charge < -0.3 is 5.32 Å². The third-order valence-electron chi connectivity index (χ3n) is 2.83. The molecule has 2 rings (SSSR count). The molecule has 2 aromatic rings. The molecule has 0 aromatic heterocycles. The molecule has 1 atom stereocenters. The van der Waals surface area contributed by atoms with Gasteiger partial charge in [-0.05, 0) is 42.9 Å². The molecule has 0 radical (unpaired) electrons. The molecule has 0 bridgehead atoms. The van der Waals surface area contributed by atoms with Crippen molar-refractivity contribution < 1.29 is 4.39 Å². The van der Waals surface area contributed by atoms with E-state index in [-0.39, 0.29) is 11.9 Å². The molecule has 0 saturated carbocycles. The maximum atomic E-state index is 14.1. The number of hydrogen-bond donors (Lipinski definition) is 1. The van der Waals surface area contributed by atoms with Gasteiger partial charge in [-0.15, -0.1) is 0 Å². The minimum Gasteiger partial charge on any atom is -0.309 e. The summed E-state index contributed by atoms with van der Waals surface area (Å²) in [5, 5.41) is 3.16. The quantitative estimate of drug-likeness (QED) is 0.656. The Labute approximate surface area is 137 Å². The van der Waals surface area contributed by atoms with E-state index in [0.717, 1.165) is 19.0 Å². The fraction of sp³-hybridized carbons (Fsp3) is 0.143. The summed E-state index contributed by atoms with van der Waals surface area (Å²) in [4.78, 5) is 0. The number of benzene rings is 2. The fourth-order valence-electron chi connectivity index (χ4n) is 1.95. The Balaban J connectivity index is 2.52. The van der Waals surface area contributed by atoms with Crippen molar-refractivity contribution >= 4 is 47.8 Å². The van der Waals surface area contributed by atoms with Gasteiger partial charge in [-0.1, -0.05) is 53.9 Å². The summed E-state index contributed by atoms with van der Waals surface area (Å²) >= 11 is 10.2. The van der Waals surface area contributed by atoms with Gasteiger partial charge >= 0.3 is 0 Å². The van der Waals surface area contributed by atoms with Crippen LogP contribution in [0.15, 0.2) is 49.8 Å². The van der Waals surface area contributed by atoms with Gasteiger partial charge in [-0.2, -0.15) is 0 Å².